The Hall–Kier alpha value is -3.58. The van der Waals surface area contributed by atoms with Gasteiger partial charge in [-0.3, -0.25) is 9.59 Å². The van der Waals surface area contributed by atoms with E-state index < -0.39 is 0 Å². The normalized spacial score (nSPS) is 13.5. The molecule has 0 unspecified atom stereocenters. The largest absolute Gasteiger partial charge is 0.497 e. The number of anilines is 2. The monoisotopic (exact) mass is 464 g/mol. The SMILES string of the molecule is COc1ccc(CC(=O)Nc2ccc(N3CCN(C(=O)c4ccccc4Cl)CC3)nc2)cc1. The number of piperazine rings is 1. The number of nitrogens with zero attached hydrogens (tertiary/aromatic N) is 3. The van der Waals surface area contributed by atoms with Crippen LogP contribution in [0.3, 0.4) is 0 Å². The first-order valence-corrected chi connectivity index (χ1v) is 11.1. The minimum absolute atomic E-state index is 0.0527. The number of hydrogen-bond acceptors (Lipinski definition) is 5. The van der Waals surface area contributed by atoms with Crippen molar-refractivity contribution in [2.75, 3.05) is 43.5 Å². The van der Waals surface area contributed by atoms with Gasteiger partial charge in [0.25, 0.3) is 5.91 Å². The average Bonchev–Trinajstić information content (AvgIpc) is 2.85. The molecule has 0 atom stereocenters. The highest BCUT2D eigenvalue weighted by atomic mass is 35.5. The quantitative estimate of drug-likeness (QED) is 0.599. The summed E-state index contributed by atoms with van der Waals surface area (Å²) in [5, 5.41) is 3.35. The van der Waals surface area contributed by atoms with Gasteiger partial charge in [0.05, 0.1) is 36.0 Å². The fourth-order valence-electron chi connectivity index (χ4n) is 3.72. The second-order valence-corrected chi connectivity index (χ2v) is 8.14. The van der Waals surface area contributed by atoms with E-state index in [4.69, 9.17) is 16.3 Å². The van der Waals surface area contributed by atoms with E-state index in [0.717, 1.165) is 17.1 Å². The van der Waals surface area contributed by atoms with E-state index in [1.165, 1.54) is 0 Å². The summed E-state index contributed by atoms with van der Waals surface area (Å²) >= 11 is 6.17. The number of methoxy groups -OCH3 is 1. The first-order chi connectivity index (χ1) is 16.0. The van der Waals surface area contributed by atoms with E-state index in [-0.39, 0.29) is 18.2 Å². The predicted molar refractivity (Wildman–Crippen MR) is 129 cm³/mol. The third kappa shape index (κ3) is 5.62. The molecule has 2 amide bonds. The Morgan fingerprint density at radius 3 is 2.36 bits per heavy atom. The molecule has 3 aromatic rings. The number of carbonyl (C=O) groups excluding carboxylic acids is 2. The molecule has 4 rings (SSSR count). The number of amides is 2. The first kappa shape index (κ1) is 22.6. The summed E-state index contributed by atoms with van der Waals surface area (Å²) in [5.41, 5.74) is 2.08. The Kier molecular flexibility index (Phi) is 7.10. The van der Waals surface area contributed by atoms with Crippen LogP contribution >= 0.6 is 11.6 Å². The van der Waals surface area contributed by atoms with Crippen LogP contribution in [0, 0.1) is 0 Å². The Balaban J connectivity index is 1.29. The van der Waals surface area contributed by atoms with Gasteiger partial charge in [-0.2, -0.15) is 0 Å². The molecule has 33 heavy (non-hydrogen) atoms. The van der Waals surface area contributed by atoms with E-state index in [1.54, 1.807) is 25.4 Å². The van der Waals surface area contributed by atoms with Crippen LogP contribution in [0.4, 0.5) is 11.5 Å². The van der Waals surface area contributed by atoms with Crippen molar-refractivity contribution in [1.29, 1.82) is 0 Å². The second kappa shape index (κ2) is 10.4. The highest BCUT2D eigenvalue weighted by molar-refractivity contribution is 6.33. The van der Waals surface area contributed by atoms with Crippen molar-refractivity contribution in [2.24, 2.45) is 0 Å². The van der Waals surface area contributed by atoms with E-state index in [1.807, 2.05) is 53.4 Å². The van der Waals surface area contributed by atoms with Crippen LogP contribution in [0.5, 0.6) is 5.75 Å². The zero-order chi connectivity index (χ0) is 23.2. The van der Waals surface area contributed by atoms with Crippen molar-refractivity contribution >= 4 is 34.9 Å². The number of carbonyl (C=O) groups is 2. The lowest BCUT2D eigenvalue weighted by molar-refractivity contribution is -0.115. The van der Waals surface area contributed by atoms with Crippen molar-refractivity contribution in [1.82, 2.24) is 9.88 Å². The lowest BCUT2D eigenvalue weighted by atomic mass is 10.1. The number of nitrogens with one attached hydrogen (secondary N) is 1. The molecule has 0 radical (unpaired) electrons. The molecule has 7 nitrogen and oxygen atoms in total. The van der Waals surface area contributed by atoms with Crippen LogP contribution in [0.25, 0.3) is 0 Å². The average molecular weight is 465 g/mol. The molecule has 1 fully saturated rings. The molecule has 2 aromatic carbocycles. The summed E-state index contributed by atoms with van der Waals surface area (Å²) < 4.78 is 5.14. The number of pyridine rings is 1. The van der Waals surface area contributed by atoms with Crippen molar-refractivity contribution in [3.63, 3.8) is 0 Å². The molecule has 0 spiro atoms. The molecular weight excluding hydrogens is 440 g/mol. The fraction of sp³-hybridized carbons (Fsp3) is 0.240. The highest BCUT2D eigenvalue weighted by Crippen LogP contribution is 2.20. The molecule has 2 heterocycles. The third-order valence-corrected chi connectivity index (χ3v) is 5.88. The van der Waals surface area contributed by atoms with Crippen LogP contribution in [0.15, 0.2) is 66.9 Å². The van der Waals surface area contributed by atoms with Gasteiger partial charge in [-0.05, 0) is 42.0 Å². The van der Waals surface area contributed by atoms with E-state index in [0.29, 0.717) is 42.5 Å². The molecular formula is C25H25ClN4O3. The zero-order valence-electron chi connectivity index (χ0n) is 18.3. The lowest BCUT2D eigenvalue weighted by Crippen LogP contribution is -2.49. The van der Waals surface area contributed by atoms with Gasteiger partial charge in [0.1, 0.15) is 11.6 Å². The molecule has 0 bridgehead atoms. The summed E-state index contributed by atoms with van der Waals surface area (Å²) in [4.78, 5) is 33.5. The maximum Gasteiger partial charge on any atom is 0.255 e. The molecule has 1 saturated heterocycles. The molecule has 1 aliphatic rings. The van der Waals surface area contributed by atoms with Gasteiger partial charge in [0.15, 0.2) is 0 Å². The van der Waals surface area contributed by atoms with Crippen molar-refractivity contribution in [2.45, 2.75) is 6.42 Å². The fourth-order valence-corrected chi connectivity index (χ4v) is 3.94. The van der Waals surface area contributed by atoms with Crippen molar-refractivity contribution in [3.05, 3.63) is 83.0 Å². The van der Waals surface area contributed by atoms with Crippen LogP contribution in [0.2, 0.25) is 5.02 Å². The summed E-state index contributed by atoms with van der Waals surface area (Å²) in [6.45, 7) is 2.52. The second-order valence-electron chi connectivity index (χ2n) is 7.74. The van der Waals surface area contributed by atoms with Crippen LogP contribution in [0.1, 0.15) is 15.9 Å². The first-order valence-electron chi connectivity index (χ1n) is 10.7. The van der Waals surface area contributed by atoms with Crippen molar-refractivity contribution < 1.29 is 14.3 Å². The van der Waals surface area contributed by atoms with Gasteiger partial charge in [-0.15, -0.1) is 0 Å². The Bertz CT molecular complexity index is 1110. The molecule has 0 aliphatic carbocycles. The van der Waals surface area contributed by atoms with Gasteiger partial charge in [-0.1, -0.05) is 35.9 Å². The Labute approximate surface area is 197 Å². The number of aromatic nitrogens is 1. The van der Waals surface area contributed by atoms with Gasteiger partial charge in [-0.25, -0.2) is 4.98 Å². The van der Waals surface area contributed by atoms with Crippen LogP contribution < -0.4 is 15.0 Å². The summed E-state index contributed by atoms with van der Waals surface area (Å²) in [5.74, 6) is 1.41. The molecule has 1 aromatic heterocycles. The molecule has 8 heteroatoms. The number of hydrogen-bond donors (Lipinski definition) is 1. The van der Waals surface area contributed by atoms with E-state index >= 15 is 0 Å². The van der Waals surface area contributed by atoms with Crippen molar-refractivity contribution in [3.8, 4) is 5.75 Å². The van der Waals surface area contributed by atoms with Crippen LogP contribution in [-0.4, -0.2) is 55.0 Å². The van der Waals surface area contributed by atoms with E-state index in [9.17, 15) is 9.59 Å². The number of ether oxygens (including phenoxy) is 1. The molecule has 1 aliphatic heterocycles. The standard InChI is InChI=1S/C25H25ClN4O3/c1-33-20-9-6-18(7-10-20)16-24(31)28-19-8-11-23(27-17-19)29-12-14-30(15-13-29)25(32)21-4-2-3-5-22(21)26/h2-11,17H,12-16H2,1H3,(H,28,31). The summed E-state index contributed by atoms with van der Waals surface area (Å²) in [7, 11) is 1.61. The molecule has 1 N–H and O–H groups in total. The van der Waals surface area contributed by atoms with Gasteiger partial charge in [0, 0.05) is 26.2 Å². The number of benzene rings is 2. The summed E-state index contributed by atoms with van der Waals surface area (Å²) in [6, 6.07) is 18.2. The Morgan fingerprint density at radius 1 is 1.00 bits per heavy atom. The maximum atomic E-state index is 12.7. The van der Waals surface area contributed by atoms with Gasteiger partial charge < -0.3 is 19.9 Å². The summed E-state index contributed by atoms with van der Waals surface area (Å²) in [6.07, 6.45) is 1.93. The zero-order valence-corrected chi connectivity index (χ0v) is 19.1. The smallest absolute Gasteiger partial charge is 0.255 e. The highest BCUT2D eigenvalue weighted by Gasteiger charge is 2.24. The Morgan fingerprint density at radius 2 is 1.73 bits per heavy atom. The maximum absolute atomic E-state index is 12.7. The van der Waals surface area contributed by atoms with Gasteiger partial charge in [0.2, 0.25) is 5.91 Å². The van der Waals surface area contributed by atoms with E-state index in [2.05, 4.69) is 15.2 Å². The molecule has 170 valence electrons. The number of rotatable bonds is 6. The molecule has 0 saturated carbocycles. The van der Waals surface area contributed by atoms with Gasteiger partial charge >= 0.3 is 0 Å². The topological polar surface area (TPSA) is 74.8 Å². The lowest BCUT2D eigenvalue weighted by Gasteiger charge is -2.35. The third-order valence-electron chi connectivity index (χ3n) is 5.55. The van der Waals surface area contributed by atoms with Crippen LogP contribution in [-0.2, 0) is 11.2 Å². The minimum atomic E-state index is -0.110. The predicted octanol–water partition coefficient (Wildman–Crippen LogP) is 3.89. The minimum Gasteiger partial charge on any atom is -0.497 e. The number of halogens is 1.